The first-order valence-electron chi connectivity index (χ1n) is 6.99. The number of nitrogens with zero attached hydrogens (tertiary/aromatic N) is 2. The summed E-state index contributed by atoms with van der Waals surface area (Å²) in [6, 6.07) is 3.25. The smallest absolute Gasteiger partial charge is 0.408 e. The van der Waals surface area contributed by atoms with Crippen molar-refractivity contribution < 1.29 is 24.2 Å². The van der Waals surface area contributed by atoms with Crippen molar-refractivity contribution in [3.8, 4) is 6.07 Å². The monoisotopic (exact) mass is 334 g/mol. The quantitative estimate of drug-likeness (QED) is 0.741. The molecule has 0 saturated carbocycles. The molecule has 0 aliphatic carbocycles. The number of rotatable bonds is 5. The fourth-order valence-corrected chi connectivity index (χ4v) is 1.57. The summed E-state index contributed by atoms with van der Waals surface area (Å²) < 4.78 is 5.04. The van der Waals surface area contributed by atoms with Gasteiger partial charge < -0.3 is 20.5 Å². The number of carbonyl (C=O) groups is 3. The van der Waals surface area contributed by atoms with Gasteiger partial charge in [-0.3, -0.25) is 4.79 Å². The summed E-state index contributed by atoms with van der Waals surface area (Å²) in [6.45, 7) is 5.00. The highest BCUT2D eigenvalue weighted by atomic mass is 16.6. The first-order chi connectivity index (χ1) is 11.1. The average Bonchev–Trinajstić information content (AvgIpc) is 2.45. The molecule has 0 radical (unpaired) electrons. The van der Waals surface area contributed by atoms with E-state index in [1.807, 2.05) is 0 Å². The summed E-state index contributed by atoms with van der Waals surface area (Å²) in [5, 5.41) is 22.3. The Morgan fingerprint density at radius 1 is 1.38 bits per heavy atom. The Morgan fingerprint density at radius 3 is 2.50 bits per heavy atom. The number of nitrogens with one attached hydrogen (secondary N) is 2. The van der Waals surface area contributed by atoms with E-state index in [1.54, 1.807) is 26.8 Å². The molecule has 128 valence electrons. The van der Waals surface area contributed by atoms with E-state index in [0.29, 0.717) is 0 Å². The molecule has 24 heavy (non-hydrogen) atoms. The summed E-state index contributed by atoms with van der Waals surface area (Å²) in [5.74, 6) is -1.84. The summed E-state index contributed by atoms with van der Waals surface area (Å²) >= 11 is 0. The van der Waals surface area contributed by atoms with Crippen LogP contribution in [0.15, 0.2) is 18.3 Å². The number of alkyl carbamates (subject to hydrolysis) is 1. The lowest BCUT2D eigenvalue weighted by Gasteiger charge is -2.22. The number of ether oxygens (including phenoxy) is 1. The number of carboxylic acid groups (broad SMARTS) is 1. The first kappa shape index (κ1) is 18.9. The Kier molecular flexibility index (Phi) is 6.23. The Morgan fingerprint density at radius 2 is 2.04 bits per heavy atom. The Bertz CT molecular complexity index is 658. The Labute approximate surface area is 138 Å². The molecule has 9 heteroatoms. The number of carboxylic acids is 1. The van der Waals surface area contributed by atoms with Crippen LogP contribution in [0.25, 0.3) is 0 Å². The van der Waals surface area contributed by atoms with Crippen LogP contribution in [0.4, 0.5) is 10.5 Å². The maximum absolute atomic E-state index is 12.1. The van der Waals surface area contributed by atoms with Crippen LogP contribution in [0.2, 0.25) is 0 Å². The van der Waals surface area contributed by atoms with Crippen LogP contribution in [0.5, 0.6) is 0 Å². The molecule has 9 nitrogen and oxygen atoms in total. The Hall–Kier alpha value is -3.15. The summed E-state index contributed by atoms with van der Waals surface area (Å²) in [4.78, 5) is 38.2. The van der Waals surface area contributed by atoms with Crippen LogP contribution in [-0.2, 0) is 9.53 Å². The van der Waals surface area contributed by atoms with Gasteiger partial charge in [-0.15, -0.1) is 0 Å². The van der Waals surface area contributed by atoms with Gasteiger partial charge in [0.1, 0.15) is 17.3 Å². The molecule has 0 aliphatic rings. The molecule has 1 rings (SSSR count). The number of aromatic nitrogens is 1. The van der Waals surface area contributed by atoms with Gasteiger partial charge in [0.15, 0.2) is 0 Å². The summed E-state index contributed by atoms with van der Waals surface area (Å²) in [6.07, 6.45) is 0.0847. The SMILES string of the molecule is CC(C)(C)OC(=O)N[C@@H](CC#N)C(=O)Nc1ccc(C(=O)O)nc1. The van der Waals surface area contributed by atoms with Gasteiger partial charge in [0.25, 0.3) is 0 Å². The van der Waals surface area contributed by atoms with Crippen LogP contribution in [0.1, 0.15) is 37.7 Å². The third-order valence-corrected chi connectivity index (χ3v) is 2.55. The van der Waals surface area contributed by atoms with Gasteiger partial charge in [-0.2, -0.15) is 5.26 Å². The molecule has 0 bridgehead atoms. The summed E-state index contributed by atoms with van der Waals surface area (Å²) in [5.41, 5.74) is -0.679. The minimum Gasteiger partial charge on any atom is -0.477 e. The average molecular weight is 334 g/mol. The normalized spacial score (nSPS) is 11.8. The van der Waals surface area contributed by atoms with E-state index in [1.165, 1.54) is 12.1 Å². The zero-order chi connectivity index (χ0) is 18.3. The molecule has 0 saturated heterocycles. The lowest BCUT2D eigenvalue weighted by atomic mass is 10.2. The molecule has 2 amide bonds. The van der Waals surface area contributed by atoms with Crippen LogP contribution in [0, 0.1) is 11.3 Å². The van der Waals surface area contributed by atoms with E-state index in [-0.39, 0.29) is 17.8 Å². The van der Waals surface area contributed by atoms with E-state index in [9.17, 15) is 14.4 Å². The molecule has 0 spiro atoms. The van der Waals surface area contributed by atoms with Crippen LogP contribution in [0.3, 0.4) is 0 Å². The highest BCUT2D eigenvalue weighted by Crippen LogP contribution is 2.09. The number of pyridine rings is 1. The maximum atomic E-state index is 12.1. The van der Waals surface area contributed by atoms with Crippen molar-refractivity contribution in [1.29, 1.82) is 5.26 Å². The molecule has 1 atom stereocenters. The molecule has 0 fully saturated rings. The molecule has 0 unspecified atom stereocenters. The van der Waals surface area contributed by atoms with E-state index in [2.05, 4.69) is 15.6 Å². The van der Waals surface area contributed by atoms with Gasteiger partial charge in [0.2, 0.25) is 5.91 Å². The fraction of sp³-hybridized carbons (Fsp3) is 0.400. The van der Waals surface area contributed by atoms with Crippen molar-refractivity contribution in [3.63, 3.8) is 0 Å². The van der Waals surface area contributed by atoms with E-state index < -0.39 is 29.6 Å². The number of anilines is 1. The number of carbonyl (C=O) groups excluding carboxylic acids is 2. The van der Waals surface area contributed by atoms with Gasteiger partial charge in [0.05, 0.1) is 24.4 Å². The van der Waals surface area contributed by atoms with Crippen LogP contribution < -0.4 is 10.6 Å². The van der Waals surface area contributed by atoms with Crippen molar-refractivity contribution in [2.45, 2.75) is 38.8 Å². The first-order valence-corrected chi connectivity index (χ1v) is 6.99. The minimum atomic E-state index is -1.19. The minimum absolute atomic E-state index is 0.173. The van der Waals surface area contributed by atoms with Crippen molar-refractivity contribution in [1.82, 2.24) is 10.3 Å². The van der Waals surface area contributed by atoms with Gasteiger partial charge in [0, 0.05) is 0 Å². The van der Waals surface area contributed by atoms with Crippen molar-refractivity contribution in [2.75, 3.05) is 5.32 Å². The number of hydrogen-bond acceptors (Lipinski definition) is 6. The Balaban J connectivity index is 2.74. The van der Waals surface area contributed by atoms with Gasteiger partial charge in [-0.1, -0.05) is 0 Å². The molecule has 1 heterocycles. The second-order valence-electron chi connectivity index (χ2n) is 5.79. The van der Waals surface area contributed by atoms with Crippen LogP contribution in [-0.4, -0.2) is 39.7 Å². The van der Waals surface area contributed by atoms with Gasteiger partial charge >= 0.3 is 12.1 Å². The highest BCUT2D eigenvalue weighted by molar-refractivity contribution is 5.97. The topological polar surface area (TPSA) is 141 Å². The standard InChI is InChI=1S/C15H18N4O5/c1-15(2,3)24-14(23)19-10(6-7-16)12(20)18-9-4-5-11(13(21)22)17-8-9/h4-5,8,10H,6H2,1-3H3,(H,18,20)(H,19,23)(H,21,22)/t10-/m0/s1. The fourth-order valence-electron chi connectivity index (χ4n) is 1.57. The van der Waals surface area contributed by atoms with Crippen molar-refractivity contribution in [2.24, 2.45) is 0 Å². The second kappa shape index (κ2) is 7.92. The van der Waals surface area contributed by atoms with Gasteiger partial charge in [-0.25, -0.2) is 14.6 Å². The molecule has 3 N–H and O–H groups in total. The molecule has 1 aromatic heterocycles. The highest BCUT2D eigenvalue weighted by Gasteiger charge is 2.24. The van der Waals surface area contributed by atoms with Gasteiger partial charge in [-0.05, 0) is 32.9 Å². The third-order valence-electron chi connectivity index (χ3n) is 2.55. The zero-order valence-electron chi connectivity index (χ0n) is 13.5. The van der Waals surface area contributed by atoms with E-state index in [0.717, 1.165) is 6.20 Å². The largest absolute Gasteiger partial charge is 0.477 e. The number of amides is 2. The molecule has 1 aromatic rings. The molecular formula is C15H18N4O5. The van der Waals surface area contributed by atoms with Crippen molar-refractivity contribution in [3.05, 3.63) is 24.0 Å². The maximum Gasteiger partial charge on any atom is 0.408 e. The van der Waals surface area contributed by atoms with Crippen LogP contribution >= 0.6 is 0 Å². The molecule has 0 aromatic carbocycles. The second-order valence-corrected chi connectivity index (χ2v) is 5.79. The number of nitriles is 1. The predicted molar refractivity (Wildman–Crippen MR) is 83.2 cm³/mol. The van der Waals surface area contributed by atoms with E-state index in [4.69, 9.17) is 15.1 Å². The zero-order valence-corrected chi connectivity index (χ0v) is 13.5. The van der Waals surface area contributed by atoms with Crippen molar-refractivity contribution >= 4 is 23.7 Å². The summed E-state index contributed by atoms with van der Waals surface area (Å²) in [7, 11) is 0. The lowest BCUT2D eigenvalue weighted by molar-refractivity contribution is -0.118. The molecular weight excluding hydrogens is 316 g/mol. The third kappa shape index (κ3) is 6.31. The van der Waals surface area contributed by atoms with E-state index >= 15 is 0 Å². The predicted octanol–water partition coefficient (Wildman–Crippen LogP) is 1.53. The number of aromatic carboxylic acids is 1. The number of hydrogen-bond donors (Lipinski definition) is 3. The lowest BCUT2D eigenvalue weighted by Crippen LogP contribution is -2.45. The molecule has 0 aliphatic heterocycles.